The molecule has 11 nitrogen and oxygen atoms in total. The first-order valence-electron chi connectivity index (χ1n) is 7.96. The van der Waals surface area contributed by atoms with Crippen LogP contribution in [0.2, 0.25) is 0 Å². The number of carbonyl (C=O) groups excluding carboxylic acids is 1. The summed E-state index contributed by atoms with van der Waals surface area (Å²) in [7, 11) is -9.59. The van der Waals surface area contributed by atoms with Gasteiger partial charge in [0.15, 0.2) is 0 Å². The molecule has 3 N–H and O–H groups in total. The molecular formula is C17H12N2Na2O9S2. The molecule has 0 saturated carbocycles. The normalized spacial score (nSPS) is 11.2. The van der Waals surface area contributed by atoms with E-state index in [-0.39, 0.29) is 86.8 Å². The zero-order valence-corrected chi connectivity index (χ0v) is 22.3. The average Bonchev–Trinajstić information content (AvgIpc) is 2.66. The van der Waals surface area contributed by atoms with Crippen LogP contribution in [0.25, 0.3) is 10.8 Å². The Kier molecular flexibility index (Phi) is 9.57. The summed E-state index contributed by atoms with van der Waals surface area (Å²) >= 11 is 0. The van der Waals surface area contributed by atoms with Gasteiger partial charge in [0.25, 0.3) is 31.8 Å². The van der Waals surface area contributed by atoms with Crippen molar-refractivity contribution in [3.8, 4) is 0 Å². The van der Waals surface area contributed by atoms with Crippen molar-refractivity contribution in [3.63, 3.8) is 0 Å². The van der Waals surface area contributed by atoms with Gasteiger partial charge in [-0.15, -0.1) is 0 Å². The summed E-state index contributed by atoms with van der Waals surface area (Å²) < 4.78 is 65.8. The number of hydrogen-bond donors (Lipinski definition) is 3. The van der Waals surface area contributed by atoms with Gasteiger partial charge in [0.05, 0.1) is 10.6 Å². The molecule has 3 rings (SSSR count). The number of anilines is 1. The van der Waals surface area contributed by atoms with E-state index in [1.807, 2.05) is 0 Å². The van der Waals surface area contributed by atoms with Gasteiger partial charge < -0.3 is 5.32 Å². The number of benzene rings is 3. The van der Waals surface area contributed by atoms with E-state index in [0.29, 0.717) is 0 Å². The van der Waals surface area contributed by atoms with Gasteiger partial charge in [0.1, 0.15) is 9.79 Å². The molecule has 15 heteroatoms. The summed E-state index contributed by atoms with van der Waals surface area (Å²) in [4.78, 5) is 21.3. The maximum atomic E-state index is 12.5. The van der Waals surface area contributed by atoms with Crippen LogP contribution < -0.4 is 5.32 Å². The van der Waals surface area contributed by atoms with Crippen molar-refractivity contribution in [1.82, 2.24) is 0 Å². The third kappa shape index (κ3) is 6.14. The minimum absolute atomic E-state index is 0. The molecular weight excluding hydrogens is 486 g/mol. The fourth-order valence-electron chi connectivity index (χ4n) is 2.82. The Hall–Kier alpha value is -1.39. The van der Waals surface area contributed by atoms with Crippen LogP contribution in [0.1, 0.15) is 10.4 Å². The van der Waals surface area contributed by atoms with E-state index in [2.05, 4.69) is 5.32 Å². The minimum atomic E-state index is -4.83. The van der Waals surface area contributed by atoms with Gasteiger partial charge in [-0.2, -0.15) is 16.8 Å². The molecule has 1 amide bonds. The van der Waals surface area contributed by atoms with Crippen molar-refractivity contribution in [2.24, 2.45) is 0 Å². The molecule has 0 aliphatic rings. The fraction of sp³-hybridized carbons (Fsp3) is 0. The molecule has 158 valence electrons. The van der Waals surface area contributed by atoms with E-state index < -0.39 is 40.9 Å². The number of rotatable bonds is 5. The summed E-state index contributed by atoms with van der Waals surface area (Å²) in [5.74, 6) is -0.782. The van der Waals surface area contributed by atoms with Crippen LogP contribution >= 0.6 is 0 Å². The summed E-state index contributed by atoms with van der Waals surface area (Å²) in [6.07, 6.45) is 0. The van der Waals surface area contributed by atoms with E-state index in [0.717, 1.165) is 36.4 Å². The van der Waals surface area contributed by atoms with Gasteiger partial charge in [-0.05, 0) is 30.3 Å². The number of hydrogen-bond acceptors (Lipinski definition) is 7. The van der Waals surface area contributed by atoms with Crippen LogP contribution in [0.4, 0.5) is 11.4 Å². The Bertz CT molecular complexity index is 1410. The van der Waals surface area contributed by atoms with Crippen LogP contribution in [0.5, 0.6) is 0 Å². The first-order valence-corrected chi connectivity index (χ1v) is 10.8. The van der Waals surface area contributed by atoms with E-state index >= 15 is 0 Å². The monoisotopic (exact) mass is 498 g/mol. The average molecular weight is 498 g/mol. The Morgan fingerprint density at radius 3 is 1.91 bits per heavy atom. The third-order valence-corrected chi connectivity index (χ3v) is 5.91. The molecule has 0 heterocycles. The molecule has 0 aliphatic heterocycles. The standard InChI is InChI=1S/C17H12N2O9S2.2Na/c20-17(10-4-6-11(7-5-10)19(21)22)18-13-8-9-14(29(23,24)25)12-2-1-3-15(16(12)13)30(26,27)28;;/h1-9H,(H,18,20)(H,23,24,25)(H,26,27,28);;. The van der Waals surface area contributed by atoms with Crippen molar-refractivity contribution in [3.05, 3.63) is 70.3 Å². The molecule has 3 aromatic rings. The predicted octanol–water partition coefficient (Wildman–Crippen LogP) is 1.73. The number of amides is 1. The summed E-state index contributed by atoms with van der Waals surface area (Å²) in [6, 6.07) is 9.87. The molecule has 0 spiro atoms. The molecule has 32 heavy (non-hydrogen) atoms. The zero-order valence-electron chi connectivity index (χ0n) is 16.7. The Morgan fingerprint density at radius 1 is 0.844 bits per heavy atom. The SMILES string of the molecule is O=C(Nc1ccc(S(=O)(=O)O)c2cccc(S(=O)(=O)O)c12)c1ccc([N+](=O)[O-])cc1.[Na].[Na]. The van der Waals surface area contributed by atoms with Crippen molar-refractivity contribution >= 4 is 107 Å². The number of carbonyl (C=O) groups is 1. The van der Waals surface area contributed by atoms with E-state index in [1.165, 1.54) is 18.2 Å². The molecule has 0 aromatic heterocycles. The number of nitro benzene ring substituents is 1. The molecule has 0 saturated heterocycles. The van der Waals surface area contributed by atoms with Crippen molar-refractivity contribution in [2.45, 2.75) is 9.79 Å². The maximum absolute atomic E-state index is 12.5. The number of nitrogens with one attached hydrogen (secondary N) is 1. The second kappa shape index (κ2) is 10.7. The van der Waals surface area contributed by atoms with Crippen LogP contribution in [0.3, 0.4) is 0 Å². The maximum Gasteiger partial charge on any atom is 0.295 e. The number of nitro groups is 1. The summed E-state index contributed by atoms with van der Waals surface area (Å²) in [5, 5.41) is 12.5. The Morgan fingerprint density at radius 2 is 1.41 bits per heavy atom. The largest absolute Gasteiger partial charge is 0.321 e. The number of fused-ring (bicyclic) bond motifs is 1. The Labute approximate surface area is 226 Å². The van der Waals surface area contributed by atoms with Crippen molar-refractivity contribution < 1.29 is 35.7 Å². The molecule has 0 bridgehead atoms. The zero-order chi connectivity index (χ0) is 22.3. The molecule has 0 unspecified atom stereocenters. The van der Waals surface area contributed by atoms with Gasteiger partial charge in [0, 0.05) is 87.6 Å². The second-order valence-electron chi connectivity index (χ2n) is 6.00. The van der Waals surface area contributed by atoms with Crippen molar-refractivity contribution in [2.75, 3.05) is 5.32 Å². The first-order chi connectivity index (χ1) is 13.9. The third-order valence-electron chi connectivity index (χ3n) is 4.11. The Balaban J connectivity index is 0.00000256. The van der Waals surface area contributed by atoms with Crippen LogP contribution in [0, 0.1) is 10.1 Å². The second-order valence-corrected chi connectivity index (χ2v) is 8.78. The van der Waals surface area contributed by atoms with Gasteiger partial charge >= 0.3 is 0 Å². The molecule has 3 aromatic carbocycles. The van der Waals surface area contributed by atoms with E-state index in [4.69, 9.17) is 0 Å². The molecule has 2 radical (unpaired) electrons. The van der Waals surface area contributed by atoms with Crippen molar-refractivity contribution in [1.29, 1.82) is 0 Å². The predicted molar refractivity (Wildman–Crippen MR) is 116 cm³/mol. The molecule has 0 aliphatic carbocycles. The molecule has 0 atom stereocenters. The minimum Gasteiger partial charge on any atom is -0.321 e. The smallest absolute Gasteiger partial charge is 0.295 e. The van der Waals surface area contributed by atoms with Gasteiger partial charge in [-0.1, -0.05) is 12.1 Å². The van der Waals surface area contributed by atoms with Crippen LogP contribution in [-0.2, 0) is 20.2 Å². The number of nitrogens with zero attached hydrogens (tertiary/aromatic N) is 1. The van der Waals surface area contributed by atoms with Crippen LogP contribution in [0.15, 0.2) is 64.4 Å². The van der Waals surface area contributed by atoms with Gasteiger partial charge in [0.2, 0.25) is 0 Å². The quantitative estimate of drug-likeness (QED) is 0.204. The first kappa shape index (κ1) is 28.6. The summed E-state index contributed by atoms with van der Waals surface area (Å²) in [5.41, 5.74) is -0.422. The molecule has 0 fully saturated rings. The van der Waals surface area contributed by atoms with Gasteiger partial charge in [-0.3, -0.25) is 24.0 Å². The fourth-order valence-corrected chi connectivity index (χ4v) is 4.24. The van der Waals surface area contributed by atoms with Gasteiger partial charge in [-0.25, -0.2) is 0 Å². The van der Waals surface area contributed by atoms with E-state index in [9.17, 15) is 40.8 Å². The number of non-ortho nitro benzene ring substituents is 1. The van der Waals surface area contributed by atoms with Crippen LogP contribution in [-0.4, -0.2) is 95.9 Å². The topological polar surface area (TPSA) is 181 Å². The summed E-state index contributed by atoms with van der Waals surface area (Å²) in [6.45, 7) is 0. The van der Waals surface area contributed by atoms with E-state index in [1.54, 1.807) is 0 Å².